The maximum Gasteiger partial charge on any atom is 0.229 e. The van der Waals surface area contributed by atoms with Crippen LogP contribution in [0.4, 0.5) is 0 Å². The van der Waals surface area contributed by atoms with E-state index in [9.17, 15) is 4.79 Å². The summed E-state index contributed by atoms with van der Waals surface area (Å²) in [5.41, 5.74) is 1.39. The van der Waals surface area contributed by atoms with Crippen molar-refractivity contribution in [1.29, 1.82) is 0 Å². The number of hydrogen-bond donors (Lipinski definition) is 2. The van der Waals surface area contributed by atoms with Gasteiger partial charge in [0.25, 0.3) is 0 Å². The summed E-state index contributed by atoms with van der Waals surface area (Å²) in [6, 6.07) is 10.5. The van der Waals surface area contributed by atoms with E-state index >= 15 is 0 Å². The van der Waals surface area contributed by atoms with Gasteiger partial charge in [-0.25, -0.2) is 0 Å². The van der Waals surface area contributed by atoms with Gasteiger partial charge in [0.05, 0.1) is 5.75 Å². The summed E-state index contributed by atoms with van der Waals surface area (Å²) in [7, 11) is 0. The molecule has 0 aliphatic rings. The number of nitrogens with one attached hydrogen (secondary N) is 1. The van der Waals surface area contributed by atoms with Crippen LogP contribution >= 0.6 is 12.6 Å². The Kier molecular flexibility index (Phi) is 6.74. The molecule has 1 aromatic rings. The number of unbranched alkanes of at least 4 members (excludes halogenated alkanes) is 2. The van der Waals surface area contributed by atoms with Crippen LogP contribution in [0.15, 0.2) is 30.3 Å². The Morgan fingerprint density at radius 1 is 1.12 bits per heavy atom. The molecule has 0 saturated heterocycles. The average Bonchev–Trinajstić information content (AvgIpc) is 2.34. The van der Waals surface area contributed by atoms with E-state index in [-0.39, 0.29) is 11.7 Å². The minimum atomic E-state index is 0.0198. The predicted molar refractivity (Wildman–Crippen MR) is 70.9 cm³/mol. The number of aryl methyl sites for hydroxylation is 1. The first-order chi connectivity index (χ1) is 7.83. The topological polar surface area (TPSA) is 29.1 Å². The van der Waals surface area contributed by atoms with Crippen molar-refractivity contribution in [3.8, 4) is 0 Å². The lowest BCUT2D eigenvalue weighted by molar-refractivity contribution is -0.118. The Morgan fingerprint density at radius 3 is 2.56 bits per heavy atom. The van der Waals surface area contributed by atoms with Gasteiger partial charge in [-0.3, -0.25) is 4.79 Å². The minimum Gasteiger partial charge on any atom is -0.355 e. The number of carbonyl (C=O) groups excluding carboxylic acids is 1. The van der Waals surface area contributed by atoms with Crippen molar-refractivity contribution in [2.75, 3.05) is 12.3 Å². The van der Waals surface area contributed by atoms with Crippen LogP contribution in [-0.4, -0.2) is 18.2 Å². The van der Waals surface area contributed by atoms with E-state index in [0.717, 1.165) is 25.8 Å². The maximum absolute atomic E-state index is 10.9. The molecule has 0 heterocycles. The Labute approximate surface area is 103 Å². The van der Waals surface area contributed by atoms with Crippen LogP contribution in [0, 0.1) is 0 Å². The van der Waals surface area contributed by atoms with Crippen LogP contribution in [0.5, 0.6) is 0 Å². The van der Waals surface area contributed by atoms with Crippen molar-refractivity contribution in [3.63, 3.8) is 0 Å². The van der Waals surface area contributed by atoms with Gasteiger partial charge in [-0.15, -0.1) is 0 Å². The molecule has 16 heavy (non-hydrogen) atoms. The summed E-state index contributed by atoms with van der Waals surface area (Å²) < 4.78 is 0. The SMILES string of the molecule is O=C(CS)NCCCCCc1ccccc1. The third kappa shape index (κ3) is 5.81. The molecule has 1 N–H and O–H groups in total. The third-order valence-electron chi connectivity index (χ3n) is 2.45. The van der Waals surface area contributed by atoms with Crippen LogP contribution in [0.25, 0.3) is 0 Å². The average molecular weight is 237 g/mol. The van der Waals surface area contributed by atoms with Crippen molar-refractivity contribution in [3.05, 3.63) is 35.9 Å². The normalized spacial score (nSPS) is 10.1. The molecule has 1 aromatic carbocycles. The van der Waals surface area contributed by atoms with Gasteiger partial charge in [0, 0.05) is 6.54 Å². The van der Waals surface area contributed by atoms with Crippen LogP contribution < -0.4 is 5.32 Å². The Balaban J connectivity index is 1.98. The van der Waals surface area contributed by atoms with Gasteiger partial charge in [0.1, 0.15) is 0 Å². The predicted octanol–water partition coefficient (Wildman–Crippen LogP) is 2.45. The second-order valence-electron chi connectivity index (χ2n) is 3.80. The van der Waals surface area contributed by atoms with E-state index in [4.69, 9.17) is 0 Å². The molecule has 3 heteroatoms. The van der Waals surface area contributed by atoms with E-state index in [1.165, 1.54) is 12.0 Å². The number of rotatable bonds is 7. The fourth-order valence-corrected chi connectivity index (χ4v) is 1.67. The van der Waals surface area contributed by atoms with Crippen molar-refractivity contribution in [1.82, 2.24) is 5.32 Å². The standard InChI is InChI=1S/C13H19NOS/c15-13(11-16)14-10-6-2-5-9-12-7-3-1-4-8-12/h1,3-4,7-8,16H,2,5-6,9-11H2,(H,14,15). The summed E-state index contributed by atoms with van der Waals surface area (Å²) in [5, 5.41) is 2.82. The van der Waals surface area contributed by atoms with Crippen LogP contribution in [0.2, 0.25) is 0 Å². The van der Waals surface area contributed by atoms with Gasteiger partial charge in [0.2, 0.25) is 5.91 Å². The van der Waals surface area contributed by atoms with E-state index < -0.39 is 0 Å². The summed E-state index contributed by atoms with van der Waals surface area (Å²) >= 11 is 3.89. The van der Waals surface area contributed by atoms with Gasteiger partial charge in [0.15, 0.2) is 0 Å². The number of hydrogen-bond acceptors (Lipinski definition) is 2. The third-order valence-corrected chi connectivity index (χ3v) is 2.74. The lowest BCUT2D eigenvalue weighted by atomic mass is 10.1. The molecule has 0 fully saturated rings. The fourth-order valence-electron chi connectivity index (χ4n) is 1.56. The number of thiol groups is 1. The first kappa shape index (κ1) is 13.1. The van der Waals surface area contributed by atoms with Crippen molar-refractivity contribution in [2.45, 2.75) is 25.7 Å². The zero-order valence-corrected chi connectivity index (χ0v) is 10.4. The largest absolute Gasteiger partial charge is 0.355 e. The molecular weight excluding hydrogens is 218 g/mol. The molecule has 2 nitrogen and oxygen atoms in total. The van der Waals surface area contributed by atoms with Gasteiger partial charge < -0.3 is 5.32 Å². The highest BCUT2D eigenvalue weighted by atomic mass is 32.1. The van der Waals surface area contributed by atoms with Crippen molar-refractivity contribution in [2.24, 2.45) is 0 Å². The second-order valence-corrected chi connectivity index (χ2v) is 4.12. The smallest absolute Gasteiger partial charge is 0.229 e. The monoisotopic (exact) mass is 237 g/mol. The Morgan fingerprint density at radius 2 is 1.88 bits per heavy atom. The Bertz CT molecular complexity index is 300. The van der Waals surface area contributed by atoms with Crippen LogP contribution in [-0.2, 0) is 11.2 Å². The highest BCUT2D eigenvalue weighted by Crippen LogP contribution is 2.05. The zero-order valence-electron chi connectivity index (χ0n) is 9.48. The highest BCUT2D eigenvalue weighted by molar-refractivity contribution is 7.81. The van der Waals surface area contributed by atoms with E-state index in [1.807, 2.05) is 6.07 Å². The number of benzene rings is 1. The van der Waals surface area contributed by atoms with Gasteiger partial charge >= 0.3 is 0 Å². The quantitative estimate of drug-likeness (QED) is 0.553. The number of amides is 1. The molecule has 1 amide bonds. The Hall–Kier alpha value is -0.960. The molecule has 1 rings (SSSR count). The van der Waals surface area contributed by atoms with E-state index in [1.54, 1.807) is 0 Å². The fraction of sp³-hybridized carbons (Fsp3) is 0.462. The highest BCUT2D eigenvalue weighted by Gasteiger charge is 1.96. The molecule has 0 radical (unpaired) electrons. The first-order valence-corrected chi connectivity index (χ1v) is 6.37. The lowest BCUT2D eigenvalue weighted by Crippen LogP contribution is -2.25. The number of carbonyl (C=O) groups is 1. The summed E-state index contributed by atoms with van der Waals surface area (Å²) in [6.45, 7) is 0.772. The minimum absolute atomic E-state index is 0.0198. The molecule has 0 unspecified atom stereocenters. The summed E-state index contributed by atoms with van der Waals surface area (Å²) in [6.07, 6.45) is 4.51. The molecule has 0 aliphatic heterocycles. The van der Waals surface area contributed by atoms with Crippen LogP contribution in [0.1, 0.15) is 24.8 Å². The molecule has 0 aromatic heterocycles. The molecule has 0 spiro atoms. The lowest BCUT2D eigenvalue weighted by Gasteiger charge is -2.03. The second kappa shape index (κ2) is 8.22. The van der Waals surface area contributed by atoms with Crippen molar-refractivity contribution >= 4 is 18.5 Å². The van der Waals surface area contributed by atoms with Crippen LogP contribution in [0.3, 0.4) is 0 Å². The first-order valence-electron chi connectivity index (χ1n) is 5.74. The maximum atomic E-state index is 10.9. The molecule has 0 aliphatic carbocycles. The molecule has 0 saturated carbocycles. The molecular formula is C13H19NOS. The van der Waals surface area contributed by atoms with Crippen molar-refractivity contribution < 1.29 is 4.79 Å². The summed E-state index contributed by atoms with van der Waals surface area (Å²) in [4.78, 5) is 10.9. The zero-order chi connectivity index (χ0) is 11.6. The van der Waals surface area contributed by atoms with Gasteiger partial charge in [-0.05, 0) is 24.8 Å². The van der Waals surface area contributed by atoms with Gasteiger partial charge in [-0.2, -0.15) is 12.6 Å². The molecule has 88 valence electrons. The summed E-state index contributed by atoms with van der Waals surface area (Å²) in [5.74, 6) is 0.302. The molecule has 0 bridgehead atoms. The van der Waals surface area contributed by atoms with E-state index in [2.05, 4.69) is 42.2 Å². The molecule has 0 atom stereocenters. The van der Waals surface area contributed by atoms with E-state index in [0.29, 0.717) is 0 Å². The van der Waals surface area contributed by atoms with Gasteiger partial charge in [-0.1, -0.05) is 36.8 Å².